The molecule has 1 heterocycles. The number of amides is 1. The number of hydrogen-bond donors (Lipinski definition) is 2. The predicted octanol–water partition coefficient (Wildman–Crippen LogP) is 2.08. The summed E-state index contributed by atoms with van der Waals surface area (Å²) in [6.07, 6.45) is -0.692. The maximum Gasteiger partial charge on any atom is 0.251 e. The van der Waals surface area contributed by atoms with E-state index in [1.807, 2.05) is 23.6 Å². The Hall–Kier alpha value is -2.16. The van der Waals surface area contributed by atoms with Crippen molar-refractivity contribution in [2.24, 2.45) is 0 Å². The van der Waals surface area contributed by atoms with Gasteiger partial charge in [0.05, 0.1) is 11.6 Å². The van der Waals surface area contributed by atoms with Crippen LogP contribution in [0.5, 0.6) is 0 Å². The van der Waals surface area contributed by atoms with Crippen LogP contribution in [0.2, 0.25) is 0 Å². The number of hydrogen-bond acceptors (Lipinski definition) is 4. The number of rotatable bonds is 4. The number of benzene rings is 1. The molecule has 1 aromatic carbocycles. The molecule has 0 bridgehead atoms. The Kier molecular flexibility index (Phi) is 4.29. The maximum atomic E-state index is 11.8. The van der Waals surface area contributed by atoms with Gasteiger partial charge in [0.2, 0.25) is 0 Å². The van der Waals surface area contributed by atoms with Crippen molar-refractivity contribution in [3.05, 3.63) is 57.8 Å². The molecular formula is C14H12N2O2S. The smallest absolute Gasteiger partial charge is 0.251 e. The van der Waals surface area contributed by atoms with Crippen molar-refractivity contribution in [3.8, 4) is 6.07 Å². The van der Waals surface area contributed by atoms with E-state index in [2.05, 4.69) is 5.32 Å². The van der Waals surface area contributed by atoms with Crippen LogP contribution in [0, 0.1) is 11.3 Å². The van der Waals surface area contributed by atoms with Crippen molar-refractivity contribution >= 4 is 17.2 Å². The standard InChI is InChI=1S/C14H12N2O2S/c15-8-10-3-5-11(6-4-10)14(18)16-9-12(17)13-2-1-7-19-13/h1-7,12,17H,9H2,(H,16,18). The number of thiophene rings is 1. The van der Waals surface area contributed by atoms with Gasteiger partial charge in [-0.1, -0.05) is 6.07 Å². The molecule has 0 aliphatic rings. The molecule has 0 saturated heterocycles. The first-order chi connectivity index (χ1) is 9.20. The lowest BCUT2D eigenvalue weighted by Gasteiger charge is -2.10. The van der Waals surface area contributed by atoms with Crippen molar-refractivity contribution < 1.29 is 9.90 Å². The Labute approximate surface area is 114 Å². The lowest BCUT2D eigenvalue weighted by Crippen LogP contribution is -2.28. The summed E-state index contributed by atoms with van der Waals surface area (Å²) < 4.78 is 0. The van der Waals surface area contributed by atoms with Crippen LogP contribution in [0.25, 0.3) is 0 Å². The summed E-state index contributed by atoms with van der Waals surface area (Å²) in [4.78, 5) is 12.6. The number of aliphatic hydroxyl groups excluding tert-OH is 1. The van der Waals surface area contributed by atoms with Crippen LogP contribution in [-0.4, -0.2) is 17.6 Å². The summed E-state index contributed by atoms with van der Waals surface area (Å²) in [5.74, 6) is -0.264. The van der Waals surface area contributed by atoms with Crippen LogP contribution in [0.3, 0.4) is 0 Å². The molecule has 0 aliphatic heterocycles. The lowest BCUT2D eigenvalue weighted by molar-refractivity contribution is 0.0918. The van der Waals surface area contributed by atoms with Crippen molar-refractivity contribution in [3.63, 3.8) is 0 Å². The third kappa shape index (κ3) is 3.41. The van der Waals surface area contributed by atoms with E-state index in [1.54, 1.807) is 24.3 Å². The molecule has 0 spiro atoms. The minimum Gasteiger partial charge on any atom is -0.386 e. The van der Waals surface area contributed by atoms with Gasteiger partial charge in [-0.2, -0.15) is 5.26 Å². The van der Waals surface area contributed by atoms with E-state index in [9.17, 15) is 9.90 Å². The van der Waals surface area contributed by atoms with Crippen molar-refractivity contribution in [2.45, 2.75) is 6.10 Å². The van der Waals surface area contributed by atoms with Gasteiger partial charge >= 0.3 is 0 Å². The number of nitrogens with one attached hydrogen (secondary N) is 1. The molecule has 4 nitrogen and oxygen atoms in total. The highest BCUT2D eigenvalue weighted by Crippen LogP contribution is 2.17. The molecule has 96 valence electrons. The molecule has 2 N–H and O–H groups in total. The van der Waals surface area contributed by atoms with Gasteiger partial charge in [-0.05, 0) is 35.7 Å². The molecule has 0 fully saturated rings. The molecule has 1 atom stereocenters. The van der Waals surface area contributed by atoms with Gasteiger partial charge in [0, 0.05) is 17.0 Å². The highest BCUT2D eigenvalue weighted by atomic mass is 32.1. The monoisotopic (exact) mass is 272 g/mol. The van der Waals surface area contributed by atoms with Gasteiger partial charge in [-0.15, -0.1) is 11.3 Å². The number of nitrogens with zero attached hydrogens (tertiary/aromatic N) is 1. The fourth-order valence-electron chi connectivity index (χ4n) is 1.57. The Balaban J connectivity index is 1.92. The minimum absolute atomic E-state index is 0.166. The second-order valence-electron chi connectivity index (χ2n) is 3.93. The minimum atomic E-state index is -0.692. The van der Waals surface area contributed by atoms with Gasteiger partial charge in [0.1, 0.15) is 6.10 Å². The normalized spacial score (nSPS) is 11.6. The summed E-state index contributed by atoms with van der Waals surface area (Å²) in [5, 5.41) is 23.0. The van der Waals surface area contributed by atoms with Gasteiger partial charge in [0.15, 0.2) is 0 Å². The molecular weight excluding hydrogens is 260 g/mol. The largest absolute Gasteiger partial charge is 0.386 e. The zero-order valence-electron chi connectivity index (χ0n) is 10.0. The van der Waals surface area contributed by atoms with Crippen molar-refractivity contribution in [1.82, 2.24) is 5.32 Å². The number of carbonyl (C=O) groups excluding carboxylic acids is 1. The van der Waals surface area contributed by atoms with Crippen LogP contribution in [0.1, 0.15) is 26.9 Å². The maximum absolute atomic E-state index is 11.8. The van der Waals surface area contributed by atoms with Crippen LogP contribution in [0.4, 0.5) is 0 Å². The number of aliphatic hydroxyl groups is 1. The molecule has 0 saturated carbocycles. The van der Waals surface area contributed by atoms with E-state index in [0.29, 0.717) is 11.1 Å². The zero-order chi connectivity index (χ0) is 13.7. The summed E-state index contributed by atoms with van der Waals surface area (Å²) in [6.45, 7) is 0.166. The lowest BCUT2D eigenvalue weighted by atomic mass is 10.1. The van der Waals surface area contributed by atoms with Gasteiger partial charge in [0.25, 0.3) is 5.91 Å². The number of carbonyl (C=O) groups is 1. The quantitative estimate of drug-likeness (QED) is 0.895. The van der Waals surface area contributed by atoms with Crippen molar-refractivity contribution in [2.75, 3.05) is 6.54 Å². The molecule has 5 heteroatoms. The zero-order valence-corrected chi connectivity index (χ0v) is 10.9. The Bertz CT molecular complexity index is 585. The van der Waals surface area contributed by atoms with Crippen LogP contribution < -0.4 is 5.32 Å². The fourth-order valence-corrected chi connectivity index (χ4v) is 2.28. The average molecular weight is 272 g/mol. The van der Waals surface area contributed by atoms with E-state index >= 15 is 0 Å². The first-order valence-corrected chi connectivity index (χ1v) is 6.58. The Morgan fingerprint density at radius 3 is 2.68 bits per heavy atom. The molecule has 2 aromatic rings. The topological polar surface area (TPSA) is 73.1 Å². The average Bonchev–Trinajstić information content (AvgIpc) is 2.98. The summed E-state index contributed by atoms with van der Waals surface area (Å²) in [7, 11) is 0. The van der Waals surface area contributed by atoms with E-state index in [1.165, 1.54) is 11.3 Å². The molecule has 1 aromatic heterocycles. The fraction of sp³-hybridized carbons (Fsp3) is 0.143. The van der Waals surface area contributed by atoms with E-state index in [0.717, 1.165) is 4.88 Å². The number of nitriles is 1. The third-order valence-corrected chi connectivity index (χ3v) is 3.58. The second-order valence-corrected chi connectivity index (χ2v) is 4.91. The van der Waals surface area contributed by atoms with Gasteiger partial charge in [-0.25, -0.2) is 0 Å². The first-order valence-electron chi connectivity index (χ1n) is 5.70. The molecule has 1 amide bonds. The highest BCUT2D eigenvalue weighted by molar-refractivity contribution is 7.10. The summed E-state index contributed by atoms with van der Waals surface area (Å²) in [5.41, 5.74) is 0.979. The molecule has 2 rings (SSSR count). The summed E-state index contributed by atoms with van der Waals surface area (Å²) >= 11 is 1.45. The Morgan fingerprint density at radius 1 is 1.37 bits per heavy atom. The SMILES string of the molecule is N#Cc1ccc(C(=O)NCC(O)c2cccs2)cc1. The van der Waals surface area contributed by atoms with Gasteiger partial charge in [-0.3, -0.25) is 4.79 Å². The Morgan fingerprint density at radius 2 is 2.11 bits per heavy atom. The molecule has 1 unspecified atom stereocenters. The van der Waals surface area contributed by atoms with Crippen LogP contribution >= 0.6 is 11.3 Å². The van der Waals surface area contributed by atoms with Gasteiger partial charge < -0.3 is 10.4 Å². The predicted molar refractivity (Wildman–Crippen MR) is 72.8 cm³/mol. The van der Waals surface area contributed by atoms with E-state index in [-0.39, 0.29) is 12.5 Å². The highest BCUT2D eigenvalue weighted by Gasteiger charge is 2.11. The van der Waals surface area contributed by atoms with E-state index < -0.39 is 6.10 Å². The first kappa shape index (κ1) is 13.3. The van der Waals surface area contributed by atoms with Crippen molar-refractivity contribution in [1.29, 1.82) is 5.26 Å². The van der Waals surface area contributed by atoms with Crippen LogP contribution in [-0.2, 0) is 0 Å². The third-order valence-electron chi connectivity index (χ3n) is 2.60. The van der Waals surface area contributed by atoms with E-state index in [4.69, 9.17) is 5.26 Å². The molecule has 0 aliphatic carbocycles. The summed E-state index contributed by atoms with van der Waals surface area (Å²) in [6, 6.07) is 12.0. The van der Waals surface area contributed by atoms with Crippen LogP contribution in [0.15, 0.2) is 41.8 Å². The molecule has 19 heavy (non-hydrogen) atoms. The molecule has 0 radical (unpaired) electrons. The second kappa shape index (κ2) is 6.14.